The van der Waals surface area contributed by atoms with Crippen molar-refractivity contribution in [2.24, 2.45) is 0 Å². The van der Waals surface area contributed by atoms with Crippen LogP contribution >= 0.6 is 0 Å². The van der Waals surface area contributed by atoms with Gasteiger partial charge in [-0.05, 0) is 13.0 Å². The second-order valence-electron chi connectivity index (χ2n) is 4.94. The molecule has 3 heterocycles. The summed E-state index contributed by atoms with van der Waals surface area (Å²) in [6, 6.07) is 3.44. The largest absolute Gasteiger partial charge is 0.378 e. The quantitative estimate of drug-likeness (QED) is 0.881. The van der Waals surface area contributed by atoms with Crippen molar-refractivity contribution in [3.63, 3.8) is 0 Å². The van der Waals surface area contributed by atoms with Gasteiger partial charge in [0, 0.05) is 25.4 Å². The number of hydrogen-bond donors (Lipinski definition) is 1. The third kappa shape index (κ3) is 3.40. The van der Waals surface area contributed by atoms with Crippen molar-refractivity contribution in [3.8, 4) is 0 Å². The highest BCUT2D eigenvalue weighted by molar-refractivity contribution is 5.92. The Hall–Kier alpha value is -2.48. The number of nitrogens with one attached hydrogen (secondary N) is 1. The Labute approximate surface area is 127 Å². The van der Waals surface area contributed by atoms with E-state index in [2.05, 4.69) is 25.3 Å². The van der Waals surface area contributed by atoms with Crippen molar-refractivity contribution in [2.75, 3.05) is 31.2 Å². The SMILES string of the molecule is Cc1cc(C(=O)NCc2nccc(N3CCOCC3)n2)no1. The Morgan fingerprint density at radius 1 is 1.41 bits per heavy atom. The number of amides is 1. The fraction of sp³-hybridized carbons (Fsp3) is 0.429. The summed E-state index contributed by atoms with van der Waals surface area (Å²) >= 11 is 0. The Morgan fingerprint density at radius 3 is 2.95 bits per heavy atom. The molecule has 0 bridgehead atoms. The van der Waals surface area contributed by atoms with Gasteiger partial charge >= 0.3 is 0 Å². The number of nitrogens with zero attached hydrogens (tertiary/aromatic N) is 4. The average Bonchev–Trinajstić information content (AvgIpc) is 3.00. The topological polar surface area (TPSA) is 93.4 Å². The number of ether oxygens (including phenoxy) is 1. The fourth-order valence-electron chi connectivity index (χ4n) is 2.17. The van der Waals surface area contributed by atoms with Crippen LogP contribution in [0.2, 0.25) is 0 Å². The molecule has 8 nitrogen and oxygen atoms in total. The summed E-state index contributed by atoms with van der Waals surface area (Å²) in [5, 5.41) is 6.40. The molecular weight excluding hydrogens is 286 g/mol. The predicted molar refractivity (Wildman–Crippen MR) is 77.5 cm³/mol. The lowest BCUT2D eigenvalue weighted by molar-refractivity contribution is 0.0940. The minimum absolute atomic E-state index is 0.239. The molecule has 1 fully saturated rings. The van der Waals surface area contributed by atoms with E-state index in [9.17, 15) is 4.79 Å². The molecule has 1 saturated heterocycles. The number of carbonyl (C=O) groups excluding carboxylic acids is 1. The first-order chi connectivity index (χ1) is 10.7. The maximum Gasteiger partial charge on any atom is 0.273 e. The van der Waals surface area contributed by atoms with Gasteiger partial charge in [-0.1, -0.05) is 5.16 Å². The fourth-order valence-corrected chi connectivity index (χ4v) is 2.17. The van der Waals surface area contributed by atoms with Crippen LogP contribution in [0.15, 0.2) is 22.9 Å². The normalized spacial score (nSPS) is 14.9. The third-order valence-corrected chi connectivity index (χ3v) is 3.29. The number of aryl methyl sites for hydroxylation is 1. The van der Waals surface area contributed by atoms with Gasteiger partial charge in [0.1, 0.15) is 17.4 Å². The van der Waals surface area contributed by atoms with E-state index >= 15 is 0 Å². The van der Waals surface area contributed by atoms with Gasteiger partial charge in [-0.2, -0.15) is 0 Å². The van der Waals surface area contributed by atoms with Gasteiger partial charge < -0.3 is 19.5 Å². The van der Waals surface area contributed by atoms with E-state index in [0.29, 0.717) is 24.8 Å². The molecule has 1 N–H and O–H groups in total. The van der Waals surface area contributed by atoms with Crippen LogP contribution in [0.5, 0.6) is 0 Å². The molecule has 116 valence electrons. The van der Waals surface area contributed by atoms with Gasteiger partial charge in [0.15, 0.2) is 5.69 Å². The highest BCUT2D eigenvalue weighted by Crippen LogP contribution is 2.11. The number of rotatable bonds is 4. The Morgan fingerprint density at radius 2 is 2.23 bits per heavy atom. The zero-order chi connectivity index (χ0) is 15.4. The van der Waals surface area contributed by atoms with Crippen LogP contribution in [0.25, 0.3) is 0 Å². The Bertz CT molecular complexity index is 651. The van der Waals surface area contributed by atoms with Crippen molar-refractivity contribution in [1.82, 2.24) is 20.4 Å². The number of carbonyl (C=O) groups is 1. The lowest BCUT2D eigenvalue weighted by Crippen LogP contribution is -2.37. The number of hydrogen-bond acceptors (Lipinski definition) is 7. The lowest BCUT2D eigenvalue weighted by atomic mass is 10.3. The highest BCUT2D eigenvalue weighted by atomic mass is 16.5. The van der Waals surface area contributed by atoms with Gasteiger partial charge in [0.25, 0.3) is 5.91 Å². The van der Waals surface area contributed by atoms with Crippen LogP contribution in [-0.2, 0) is 11.3 Å². The first-order valence-corrected chi connectivity index (χ1v) is 7.08. The monoisotopic (exact) mass is 303 g/mol. The minimum Gasteiger partial charge on any atom is -0.378 e. The third-order valence-electron chi connectivity index (χ3n) is 3.29. The number of morpholine rings is 1. The van der Waals surface area contributed by atoms with Crippen LogP contribution in [0, 0.1) is 6.92 Å². The average molecular weight is 303 g/mol. The molecule has 0 aromatic carbocycles. The molecule has 8 heteroatoms. The smallest absolute Gasteiger partial charge is 0.273 e. The van der Waals surface area contributed by atoms with E-state index in [-0.39, 0.29) is 18.1 Å². The van der Waals surface area contributed by atoms with Crippen LogP contribution in [0.3, 0.4) is 0 Å². The summed E-state index contributed by atoms with van der Waals surface area (Å²) < 4.78 is 10.2. The van der Waals surface area contributed by atoms with Crippen LogP contribution in [0.4, 0.5) is 5.82 Å². The van der Waals surface area contributed by atoms with Crippen LogP contribution in [0.1, 0.15) is 22.1 Å². The zero-order valence-corrected chi connectivity index (χ0v) is 12.3. The standard InChI is InChI=1S/C14H17N5O3/c1-10-8-11(18-22-10)14(20)16-9-12-15-3-2-13(17-12)19-4-6-21-7-5-19/h2-3,8H,4-7,9H2,1H3,(H,16,20). The van der Waals surface area contributed by atoms with E-state index in [4.69, 9.17) is 9.26 Å². The van der Waals surface area contributed by atoms with E-state index in [1.54, 1.807) is 19.2 Å². The summed E-state index contributed by atoms with van der Waals surface area (Å²) in [5.41, 5.74) is 0.252. The predicted octanol–water partition coefficient (Wildman–Crippen LogP) is 0.540. The molecule has 0 unspecified atom stereocenters. The van der Waals surface area contributed by atoms with Crippen LogP contribution in [-0.4, -0.2) is 47.3 Å². The molecule has 2 aromatic rings. The summed E-state index contributed by atoms with van der Waals surface area (Å²) in [6.07, 6.45) is 1.69. The second-order valence-corrected chi connectivity index (χ2v) is 4.94. The highest BCUT2D eigenvalue weighted by Gasteiger charge is 2.14. The summed E-state index contributed by atoms with van der Waals surface area (Å²) in [4.78, 5) is 22.7. The van der Waals surface area contributed by atoms with Gasteiger partial charge in [-0.15, -0.1) is 0 Å². The Kier molecular flexibility index (Phi) is 4.29. The molecule has 0 radical (unpaired) electrons. The molecule has 1 aliphatic heterocycles. The van der Waals surface area contributed by atoms with Crippen molar-refractivity contribution in [3.05, 3.63) is 35.6 Å². The van der Waals surface area contributed by atoms with Gasteiger partial charge in [0.05, 0.1) is 19.8 Å². The summed E-state index contributed by atoms with van der Waals surface area (Å²) in [5.74, 6) is 1.69. The van der Waals surface area contributed by atoms with Gasteiger partial charge in [0.2, 0.25) is 0 Å². The van der Waals surface area contributed by atoms with E-state index in [0.717, 1.165) is 18.9 Å². The number of aromatic nitrogens is 3. The van der Waals surface area contributed by atoms with Crippen molar-refractivity contribution in [2.45, 2.75) is 13.5 Å². The van der Waals surface area contributed by atoms with E-state index in [1.165, 1.54) is 0 Å². The molecule has 22 heavy (non-hydrogen) atoms. The van der Waals surface area contributed by atoms with Crippen molar-refractivity contribution < 1.29 is 14.1 Å². The molecule has 1 amide bonds. The summed E-state index contributed by atoms with van der Waals surface area (Å²) in [6.45, 7) is 4.98. The van der Waals surface area contributed by atoms with Gasteiger partial charge in [-0.25, -0.2) is 9.97 Å². The maximum absolute atomic E-state index is 11.9. The first kappa shape index (κ1) is 14.5. The zero-order valence-electron chi connectivity index (χ0n) is 12.3. The minimum atomic E-state index is -0.308. The molecule has 0 spiro atoms. The molecule has 0 atom stereocenters. The molecule has 2 aromatic heterocycles. The van der Waals surface area contributed by atoms with Crippen molar-refractivity contribution >= 4 is 11.7 Å². The molecule has 0 saturated carbocycles. The van der Waals surface area contributed by atoms with Crippen molar-refractivity contribution in [1.29, 1.82) is 0 Å². The van der Waals surface area contributed by atoms with E-state index < -0.39 is 0 Å². The molecule has 3 rings (SSSR count). The molecular formula is C14H17N5O3. The molecule has 0 aliphatic carbocycles. The van der Waals surface area contributed by atoms with E-state index in [1.807, 2.05) is 6.07 Å². The van der Waals surface area contributed by atoms with Gasteiger partial charge in [-0.3, -0.25) is 4.79 Å². The second kappa shape index (κ2) is 6.52. The molecule has 1 aliphatic rings. The Balaban J connectivity index is 1.61. The lowest BCUT2D eigenvalue weighted by Gasteiger charge is -2.27. The van der Waals surface area contributed by atoms with Crippen LogP contribution < -0.4 is 10.2 Å². The maximum atomic E-state index is 11.9. The number of anilines is 1. The first-order valence-electron chi connectivity index (χ1n) is 7.08. The summed E-state index contributed by atoms with van der Waals surface area (Å²) in [7, 11) is 0.